The number of rotatable bonds is 3. The van der Waals surface area contributed by atoms with E-state index in [0.29, 0.717) is 17.0 Å². The highest BCUT2D eigenvalue weighted by Gasteiger charge is 2.31. The molecule has 2 aliphatic heterocycles. The zero-order chi connectivity index (χ0) is 16.2. The predicted octanol–water partition coefficient (Wildman–Crippen LogP) is 3.10. The molecule has 4 nitrogen and oxygen atoms in total. The molecule has 2 saturated heterocycles. The van der Waals surface area contributed by atoms with E-state index < -0.39 is 0 Å². The predicted molar refractivity (Wildman–Crippen MR) is 91.9 cm³/mol. The van der Waals surface area contributed by atoms with Crippen molar-refractivity contribution in [1.82, 2.24) is 10.2 Å². The summed E-state index contributed by atoms with van der Waals surface area (Å²) in [6, 6.07) is 8.01. The van der Waals surface area contributed by atoms with Crippen LogP contribution in [0.25, 0.3) is 0 Å². The molecule has 0 radical (unpaired) electrons. The number of carbonyl (C=O) groups excluding carboxylic acids is 1. The van der Waals surface area contributed by atoms with Gasteiger partial charge in [-0.2, -0.15) is 0 Å². The van der Waals surface area contributed by atoms with Crippen LogP contribution in [0, 0.1) is 5.92 Å². The number of carbonyl (C=O) groups is 1. The van der Waals surface area contributed by atoms with Crippen LogP contribution in [-0.4, -0.2) is 42.6 Å². The van der Waals surface area contributed by atoms with Crippen molar-refractivity contribution in [2.24, 2.45) is 5.92 Å². The van der Waals surface area contributed by atoms with E-state index in [2.05, 4.69) is 12.2 Å². The van der Waals surface area contributed by atoms with Crippen LogP contribution in [0.2, 0.25) is 5.02 Å². The van der Waals surface area contributed by atoms with Gasteiger partial charge in [0.1, 0.15) is 11.9 Å². The number of piperidine rings is 2. The fourth-order valence-electron chi connectivity index (χ4n) is 3.53. The van der Waals surface area contributed by atoms with Crippen molar-refractivity contribution < 1.29 is 9.53 Å². The minimum absolute atomic E-state index is 0.144. The molecule has 2 atom stereocenters. The Hall–Kier alpha value is -1.26. The van der Waals surface area contributed by atoms with E-state index in [1.807, 2.05) is 29.2 Å². The van der Waals surface area contributed by atoms with E-state index in [0.717, 1.165) is 51.1 Å². The summed E-state index contributed by atoms with van der Waals surface area (Å²) in [4.78, 5) is 14.7. The first-order valence-corrected chi connectivity index (χ1v) is 8.94. The molecule has 0 saturated carbocycles. The molecule has 0 unspecified atom stereocenters. The summed E-state index contributed by atoms with van der Waals surface area (Å²) < 4.78 is 6.00. The lowest BCUT2D eigenvalue weighted by Crippen LogP contribution is -2.47. The van der Waals surface area contributed by atoms with Crippen molar-refractivity contribution in [3.05, 3.63) is 29.3 Å². The standard InChI is InChI=1S/C18H25ClN2O2/c1-13-12-14(6-9-20-13)18(22)21-10-7-15(8-11-21)23-17-5-3-2-4-16(17)19/h2-5,13-15,20H,6-12H2,1H3/t13-,14-/m0/s1. The quantitative estimate of drug-likeness (QED) is 0.922. The topological polar surface area (TPSA) is 41.6 Å². The highest BCUT2D eigenvalue weighted by atomic mass is 35.5. The van der Waals surface area contributed by atoms with Crippen LogP contribution in [0.1, 0.15) is 32.6 Å². The third-order valence-electron chi connectivity index (χ3n) is 4.86. The number of ether oxygens (including phenoxy) is 1. The van der Waals surface area contributed by atoms with Crippen molar-refractivity contribution in [2.45, 2.75) is 44.8 Å². The van der Waals surface area contributed by atoms with Crippen molar-refractivity contribution in [2.75, 3.05) is 19.6 Å². The number of likely N-dealkylation sites (tertiary alicyclic amines) is 1. The van der Waals surface area contributed by atoms with Gasteiger partial charge in [0, 0.05) is 37.9 Å². The Morgan fingerprint density at radius 2 is 2.00 bits per heavy atom. The van der Waals surface area contributed by atoms with Crippen LogP contribution < -0.4 is 10.1 Å². The first-order chi connectivity index (χ1) is 11.1. The Kier molecular flexibility index (Phi) is 5.44. The number of hydrogen-bond acceptors (Lipinski definition) is 3. The van der Waals surface area contributed by atoms with Gasteiger partial charge in [-0.25, -0.2) is 0 Å². The molecular weight excluding hydrogens is 312 g/mol. The summed E-state index contributed by atoms with van der Waals surface area (Å²) in [7, 11) is 0. The monoisotopic (exact) mass is 336 g/mol. The molecule has 1 aromatic rings. The number of amides is 1. The van der Waals surface area contributed by atoms with E-state index in [1.54, 1.807) is 0 Å². The second-order valence-electron chi connectivity index (χ2n) is 6.65. The number of nitrogens with one attached hydrogen (secondary N) is 1. The third-order valence-corrected chi connectivity index (χ3v) is 5.17. The van der Waals surface area contributed by atoms with Crippen LogP contribution >= 0.6 is 11.6 Å². The van der Waals surface area contributed by atoms with Gasteiger partial charge in [-0.15, -0.1) is 0 Å². The zero-order valence-electron chi connectivity index (χ0n) is 13.6. The third kappa shape index (κ3) is 4.18. The number of nitrogens with zero attached hydrogens (tertiary/aromatic N) is 1. The summed E-state index contributed by atoms with van der Waals surface area (Å²) in [6.07, 6.45) is 3.80. The molecule has 1 amide bonds. The summed E-state index contributed by atoms with van der Waals surface area (Å²) in [6.45, 7) is 4.67. The smallest absolute Gasteiger partial charge is 0.225 e. The fraction of sp³-hybridized carbons (Fsp3) is 0.611. The largest absolute Gasteiger partial charge is 0.489 e. The molecule has 2 heterocycles. The molecule has 23 heavy (non-hydrogen) atoms. The van der Waals surface area contributed by atoms with Crippen LogP contribution in [-0.2, 0) is 4.79 Å². The number of para-hydroxylation sites is 1. The van der Waals surface area contributed by atoms with E-state index in [9.17, 15) is 4.79 Å². The molecule has 0 bridgehead atoms. The maximum absolute atomic E-state index is 12.7. The molecule has 1 N–H and O–H groups in total. The summed E-state index contributed by atoms with van der Waals surface area (Å²) in [5.74, 6) is 1.26. The highest BCUT2D eigenvalue weighted by Crippen LogP contribution is 2.27. The SMILES string of the molecule is C[C@H]1C[C@@H](C(=O)N2CCC(Oc3ccccc3Cl)CC2)CCN1. The Bertz CT molecular complexity index is 544. The van der Waals surface area contributed by atoms with Crippen LogP contribution in [0.5, 0.6) is 5.75 Å². The fourth-order valence-corrected chi connectivity index (χ4v) is 3.71. The van der Waals surface area contributed by atoms with Gasteiger partial charge in [0.2, 0.25) is 5.91 Å². The lowest BCUT2D eigenvalue weighted by molar-refractivity contribution is -0.138. The lowest BCUT2D eigenvalue weighted by Gasteiger charge is -2.36. The molecule has 0 spiro atoms. The van der Waals surface area contributed by atoms with Gasteiger partial charge < -0.3 is 15.0 Å². The van der Waals surface area contributed by atoms with Crippen LogP contribution in [0.3, 0.4) is 0 Å². The van der Waals surface area contributed by atoms with Gasteiger partial charge in [-0.1, -0.05) is 23.7 Å². The summed E-state index contributed by atoms with van der Waals surface area (Å²) >= 11 is 6.14. The average molecular weight is 337 g/mol. The first kappa shape index (κ1) is 16.6. The highest BCUT2D eigenvalue weighted by molar-refractivity contribution is 6.32. The Labute approximate surface area is 143 Å². The van der Waals surface area contributed by atoms with E-state index in [1.165, 1.54) is 0 Å². The van der Waals surface area contributed by atoms with Gasteiger partial charge in [-0.3, -0.25) is 4.79 Å². The van der Waals surface area contributed by atoms with Crippen molar-refractivity contribution >= 4 is 17.5 Å². The average Bonchev–Trinajstić information content (AvgIpc) is 2.57. The van der Waals surface area contributed by atoms with Gasteiger partial charge >= 0.3 is 0 Å². The van der Waals surface area contributed by atoms with E-state index >= 15 is 0 Å². The molecule has 3 rings (SSSR count). The van der Waals surface area contributed by atoms with Gasteiger partial charge in [-0.05, 0) is 38.4 Å². The maximum Gasteiger partial charge on any atom is 0.225 e. The molecular formula is C18H25ClN2O2. The van der Waals surface area contributed by atoms with Gasteiger partial charge in [0.05, 0.1) is 5.02 Å². The Morgan fingerprint density at radius 1 is 1.26 bits per heavy atom. The molecule has 0 aromatic heterocycles. The van der Waals surface area contributed by atoms with Crippen molar-refractivity contribution in [3.8, 4) is 5.75 Å². The normalized spacial score (nSPS) is 26.1. The van der Waals surface area contributed by atoms with Crippen molar-refractivity contribution in [1.29, 1.82) is 0 Å². The Balaban J connectivity index is 1.50. The second-order valence-corrected chi connectivity index (χ2v) is 7.06. The molecule has 1 aromatic carbocycles. The van der Waals surface area contributed by atoms with E-state index in [4.69, 9.17) is 16.3 Å². The number of hydrogen-bond donors (Lipinski definition) is 1. The minimum atomic E-state index is 0.144. The maximum atomic E-state index is 12.7. The summed E-state index contributed by atoms with van der Waals surface area (Å²) in [5.41, 5.74) is 0. The Morgan fingerprint density at radius 3 is 2.70 bits per heavy atom. The molecule has 0 aliphatic carbocycles. The summed E-state index contributed by atoms with van der Waals surface area (Å²) in [5, 5.41) is 4.05. The molecule has 2 aliphatic rings. The zero-order valence-corrected chi connectivity index (χ0v) is 14.4. The first-order valence-electron chi connectivity index (χ1n) is 8.57. The number of benzene rings is 1. The lowest BCUT2D eigenvalue weighted by atomic mass is 9.91. The van der Waals surface area contributed by atoms with Crippen LogP contribution in [0.4, 0.5) is 0 Å². The molecule has 126 valence electrons. The molecule has 2 fully saturated rings. The van der Waals surface area contributed by atoms with Crippen molar-refractivity contribution in [3.63, 3.8) is 0 Å². The number of halogens is 1. The van der Waals surface area contributed by atoms with Gasteiger partial charge in [0.25, 0.3) is 0 Å². The minimum Gasteiger partial charge on any atom is -0.489 e. The molecule has 5 heteroatoms. The van der Waals surface area contributed by atoms with Gasteiger partial charge in [0.15, 0.2) is 0 Å². The van der Waals surface area contributed by atoms with E-state index in [-0.39, 0.29) is 12.0 Å². The van der Waals surface area contributed by atoms with Crippen LogP contribution in [0.15, 0.2) is 24.3 Å². The second kappa shape index (κ2) is 7.54.